The van der Waals surface area contributed by atoms with E-state index in [2.05, 4.69) is 5.32 Å². The third kappa shape index (κ3) is 2.07. The van der Waals surface area contributed by atoms with Gasteiger partial charge in [0, 0.05) is 10.7 Å². The van der Waals surface area contributed by atoms with Crippen LogP contribution in [0, 0.1) is 6.92 Å². The van der Waals surface area contributed by atoms with Gasteiger partial charge in [0.2, 0.25) is 5.91 Å². The van der Waals surface area contributed by atoms with E-state index in [-0.39, 0.29) is 5.91 Å². The average molecular weight is 212 g/mol. The number of amides is 1. The summed E-state index contributed by atoms with van der Waals surface area (Å²) < 4.78 is 0. The maximum Gasteiger partial charge on any atom is 0.228 e. The van der Waals surface area contributed by atoms with Gasteiger partial charge in [0.1, 0.15) is 0 Å². The molecule has 0 fully saturated rings. The zero-order valence-electron chi connectivity index (χ0n) is 8.65. The van der Waals surface area contributed by atoms with Gasteiger partial charge in [-0.05, 0) is 24.1 Å². The number of aryl methyl sites for hydroxylation is 1. The predicted molar refractivity (Wildman–Crippen MR) is 59.9 cm³/mol. The molecule has 2 rings (SSSR count). The Labute approximate surface area is 89.3 Å². The van der Waals surface area contributed by atoms with Gasteiger partial charge in [-0.25, -0.2) is 0 Å². The van der Waals surface area contributed by atoms with Crippen LogP contribution in [0.5, 0.6) is 0 Å². The van der Waals surface area contributed by atoms with Crippen LogP contribution < -0.4 is 5.32 Å². The smallest absolute Gasteiger partial charge is 0.228 e. The summed E-state index contributed by atoms with van der Waals surface area (Å²) in [5.41, 5.74) is 2.92. The molecular formula is C11H14ClNO. The van der Waals surface area contributed by atoms with Crippen molar-refractivity contribution in [3.63, 3.8) is 0 Å². The summed E-state index contributed by atoms with van der Waals surface area (Å²) in [7, 11) is 0. The van der Waals surface area contributed by atoms with E-state index in [0.29, 0.717) is 11.4 Å². The van der Waals surface area contributed by atoms with Gasteiger partial charge in [-0.1, -0.05) is 31.5 Å². The molecule has 0 bridgehead atoms. The van der Waals surface area contributed by atoms with Crippen LogP contribution in [0.3, 0.4) is 0 Å². The van der Waals surface area contributed by atoms with Crippen LogP contribution in [0.1, 0.15) is 25.0 Å². The Morgan fingerprint density at radius 3 is 2.64 bits per heavy atom. The molecule has 0 aliphatic carbocycles. The predicted octanol–water partition coefficient (Wildman–Crippen LogP) is 3.17. The second-order valence-electron chi connectivity index (χ2n) is 2.98. The van der Waals surface area contributed by atoms with Crippen LogP contribution in [0.15, 0.2) is 12.1 Å². The molecule has 0 unspecified atom stereocenters. The van der Waals surface area contributed by atoms with Crippen molar-refractivity contribution >= 4 is 23.2 Å². The molecule has 1 aliphatic rings. The second kappa shape index (κ2) is 4.47. The molecule has 0 saturated heterocycles. The lowest BCUT2D eigenvalue weighted by Crippen LogP contribution is -2.03. The Balaban J connectivity index is 0.000000461. The van der Waals surface area contributed by atoms with Crippen LogP contribution >= 0.6 is 11.6 Å². The minimum atomic E-state index is 0.0478. The topological polar surface area (TPSA) is 29.1 Å². The van der Waals surface area contributed by atoms with Gasteiger partial charge < -0.3 is 5.32 Å². The highest BCUT2D eigenvalue weighted by molar-refractivity contribution is 6.31. The summed E-state index contributed by atoms with van der Waals surface area (Å²) in [6, 6.07) is 3.76. The van der Waals surface area contributed by atoms with E-state index in [1.54, 1.807) is 6.07 Å². The minimum absolute atomic E-state index is 0.0478. The Kier molecular flexibility index (Phi) is 3.53. The van der Waals surface area contributed by atoms with Gasteiger partial charge in [-0.2, -0.15) is 0 Å². The summed E-state index contributed by atoms with van der Waals surface area (Å²) in [6.07, 6.45) is 0.480. The van der Waals surface area contributed by atoms with Crippen molar-refractivity contribution in [2.45, 2.75) is 27.2 Å². The Bertz CT molecular complexity index is 328. The number of halogens is 1. The summed E-state index contributed by atoms with van der Waals surface area (Å²) in [6.45, 7) is 5.94. The Morgan fingerprint density at radius 2 is 2.00 bits per heavy atom. The first-order chi connectivity index (χ1) is 6.66. The molecule has 0 atom stereocenters. The first-order valence-electron chi connectivity index (χ1n) is 4.75. The number of rotatable bonds is 0. The summed E-state index contributed by atoms with van der Waals surface area (Å²) in [4.78, 5) is 11.0. The number of hydrogen-bond donors (Lipinski definition) is 1. The average Bonchev–Trinajstić information content (AvgIpc) is 2.49. The molecule has 1 aromatic carbocycles. The number of carbonyl (C=O) groups is 1. The highest BCUT2D eigenvalue weighted by Gasteiger charge is 2.18. The standard InChI is InChI=1S/C9H8ClNO.C2H6/c1-5-2-6-3-9(12)11-8(6)4-7(5)10;1-2/h2,4H,3H2,1H3,(H,11,12);1-2H3. The fourth-order valence-electron chi connectivity index (χ4n) is 1.37. The molecule has 1 aromatic rings. The molecule has 0 spiro atoms. The molecular weight excluding hydrogens is 198 g/mol. The van der Waals surface area contributed by atoms with Crippen molar-refractivity contribution in [1.29, 1.82) is 0 Å². The van der Waals surface area contributed by atoms with Crippen LogP contribution in [-0.4, -0.2) is 5.91 Å². The molecule has 76 valence electrons. The van der Waals surface area contributed by atoms with E-state index < -0.39 is 0 Å². The van der Waals surface area contributed by atoms with Crippen LogP contribution in [0.25, 0.3) is 0 Å². The van der Waals surface area contributed by atoms with Crippen molar-refractivity contribution in [1.82, 2.24) is 0 Å². The van der Waals surface area contributed by atoms with E-state index in [0.717, 1.165) is 16.8 Å². The maximum atomic E-state index is 11.0. The molecule has 1 N–H and O–H groups in total. The molecule has 0 radical (unpaired) electrons. The number of hydrogen-bond acceptors (Lipinski definition) is 1. The Hall–Kier alpha value is -1.02. The second-order valence-corrected chi connectivity index (χ2v) is 3.39. The summed E-state index contributed by atoms with van der Waals surface area (Å²) in [5, 5.41) is 3.45. The van der Waals surface area contributed by atoms with E-state index in [1.165, 1.54) is 0 Å². The first-order valence-corrected chi connectivity index (χ1v) is 5.13. The molecule has 1 aliphatic heterocycles. The minimum Gasteiger partial charge on any atom is -0.325 e. The molecule has 1 heterocycles. The SMILES string of the molecule is CC.Cc1cc2c(cc1Cl)NC(=O)C2. The first kappa shape index (κ1) is 11.1. The van der Waals surface area contributed by atoms with Crippen molar-refractivity contribution in [3.05, 3.63) is 28.3 Å². The van der Waals surface area contributed by atoms with Crippen molar-refractivity contribution in [2.75, 3.05) is 5.32 Å². The van der Waals surface area contributed by atoms with Gasteiger partial charge >= 0.3 is 0 Å². The molecule has 2 nitrogen and oxygen atoms in total. The van der Waals surface area contributed by atoms with Gasteiger partial charge in [0.25, 0.3) is 0 Å². The van der Waals surface area contributed by atoms with Gasteiger partial charge in [-0.3, -0.25) is 4.79 Å². The zero-order chi connectivity index (χ0) is 10.7. The molecule has 14 heavy (non-hydrogen) atoms. The zero-order valence-corrected chi connectivity index (χ0v) is 9.40. The number of fused-ring (bicyclic) bond motifs is 1. The van der Waals surface area contributed by atoms with Crippen molar-refractivity contribution in [2.24, 2.45) is 0 Å². The van der Waals surface area contributed by atoms with Gasteiger partial charge in [-0.15, -0.1) is 0 Å². The third-order valence-corrected chi connectivity index (χ3v) is 2.42. The summed E-state index contributed by atoms with van der Waals surface area (Å²) >= 11 is 5.89. The van der Waals surface area contributed by atoms with Crippen molar-refractivity contribution < 1.29 is 4.79 Å². The summed E-state index contributed by atoms with van der Waals surface area (Å²) in [5.74, 6) is 0.0478. The molecule has 0 aromatic heterocycles. The number of carbonyl (C=O) groups excluding carboxylic acids is 1. The monoisotopic (exact) mass is 211 g/mol. The maximum absolute atomic E-state index is 11.0. The third-order valence-electron chi connectivity index (χ3n) is 2.01. The fraction of sp³-hybridized carbons (Fsp3) is 0.364. The van der Waals surface area contributed by atoms with E-state index in [4.69, 9.17) is 11.6 Å². The number of benzene rings is 1. The van der Waals surface area contributed by atoms with E-state index in [9.17, 15) is 4.79 Å². The largest absolute Gasteiger partial charge is 0.325 e. The van der Waals surface area contributed by atoms with Crippen molar-refractivity contribution in [3.8, 4) is 0 Å². The highest BCUT2D eigenvalue weighted by atomic mass is 35.5. The number of nitrogens with one attached hydrogen (secondary N) is 1. The highest BCUT2D eigenvalue weighted by Crippen LogP contribution is 2.28. The van der Waals surface area contributed by atoms with Gasteiger partial charge in [0.05, 0.1) is 6.42 Å². The number of anilines is 1. The Morgan fingerprint density at radius 1 is 1.36 bits per heavy atom. The lowest BCUT2D eigenvalue weighted by atomic mass is 10.1. The molecule has 0 saturated carbocycles. The van der Waals surface area contributed by atoms with Crippen LogP contribution in [-0.2, 0) is 11.2 Å². The fourth-order valence-corrected chi connectivity index (χ4v) is 1.53. The quantitative estimate of drug-likeness (QED) is 0.702. The lowest BCUT2D eigenvalue weighted by Gasteiger charge is -2.01. The van der Waals surface area contributed by atoms with E-state index >= 15 is 0 Å². The molecule has 3 heteroatoms. The molecule has 1 amide bonds. The van der Waals surface area contributed by atoms with Gasteiger partial charge in [0.15, 0.2) is 0 Å². The van der Waals surface area contributed by atoms with Crippen LogP contribution in [0.2, 0.25) is 5.02 Å². The normalized spacial score (nSPS) is 12.7. The lowest BCUT2D eigenvalue weighted by molar-refractivity contribution is -0.115. The van der Waals surface area contributed by atoms with Crippen LogP contribution in [0.4, 0.5) is 5.69 Å². The van der Waals surface area contributed by atoms with E-state index in [1.807, 2.05) is 26.8 Å².